The highest BCUT2D eigenvalue weighted by Gasteiger charge is 2.24. The van der Waals surface area contributed by atoms with Gasteiger partial charge in [0, 0.05) is 34.4 Å². The molecular formula is C46H50O4. The molecular weight excluding hydrogens is 617 g/mol. The van der Waals surface area contributed by atoms with Crippen molar-refractivity contribution in [3.8, 4) is 22.6 Å². The quantitative estimate of drug-likeness (QED) is 0.0474. The van der Waals surface area contributed by atoms with Gasteiger partial charge in [0.2, 0.25) is 0 Å². The number of aryl methyl sites for hydroxylation is 2. The van der Waals surface area contributed by atoms with Gasteiger partial charge in [-0.2, -0.15) is 0 Å². The predicted octanol–water partition coefficient (Wildman–Crippen LogP) is 13.1. The molecule has 0 bridgehead atoms. The molecule has 0 N–H and O–H groups in total. The zero-order chi connectivity index (χ0) is 35.0. The maximum Gasteiger partial charge on any atom is 0.311 e. The normalized spacial score (nSPS) is 11.5. The first kappa shape index (κ1) is 35.1. The van der Waals surface area contributed by atoms with Crippen molar-refractivity contribution in [2.45, 2.75) is 105 Å². The molecule has 0 fully saturated rings. The third-order valence-corrected chi connectivity index (χ3v) is 9.91. The lowest BCUT2D eigenvalue weighted by molar-refractivity contribution is -0.135. The van der Waals surface area contributed by atoms with E-state index in [0.717, 1.165) is 104 Å². The molecule has 0 saturated carbocycles. The van der Waals surface area contributed by atoms with Gasteiger partial charge in [-0.15, -0.1) is 0 Å². The Kier molecular flexibility index (Phi) is 11.5. The average Bonchev–Trinajstić information content (AvgIpc) is 3.12. The number of ether oxygens (including phenoxy) is 2. The zero-order valence-corrected chi connectivity index (χ0v) is 30.2. The fourth-order valence-corrected chi connectivity index (χ4v) is 7.34. The Morgan fingerprint density at radius 1 is 0.440 bits per heavy atom. The van der Waals surface area contributed by atoms with Crippen LogP contribution in [0.1, 0.15) is 102 Å². The smallest absolute Gasteiger partial charge is 0.311 e. The first-order valence-corrected chi connectivity index (χ1v) is 18.7. The van der Waals surface area contributed by atoms with Crippen LogP contribution in [0, 0.1) is 13.8 Å². The molecule has 258 valence electrons. The summed E-state index contributed by atoms with van der Waals surface area (Å²) in [6.07, 6.45) is 11.5. The number of rotatable bonds is 15. The molecule has 0 aliphatic rings. The van der Waals surface area contributed by atoms with Crippen LogP contribution in [0.25, 0.3) is 54.2 Å². The molecule has 6 aromatic rings. The average molecular weight is 667 g/mol. The van der Waals surface area contributed by atoms with Crippen LogP contribution < -0.4 is 9.47 Å². The molecule has 6 rings (SSSR count). The molecule has 0 radical (unpaired) electrons. The fourth-order valence-electron chi connectivity index (χ4n) is 7.34. The first-order valence-electron chi connectivity index (χ1n) is 18.7. The van der Waals surface area contributed by atoms with Crippen LogP contribution in [-0.2, 0) is 9.59 Å². The largest absolute Gasteiger partial charge is 0.425 e. The molecule has 50 heavy (non-hydrogen) atoms. The monoisotopic (exact) mass is 666 g/mol. The van der Waals surface area contributed by atoms with Crippen molar-refractivity contribution in [1.82, 2.24) is 0 Å². The number of fused-ring (bicyclic) bond motifs is 4. The van der Waals surface area contributed by atoms with E-state index in [4.69, 9.17) is 9.47 Å². The molecule has 0 heterocycles. The number of unbranched alkanes of at least 4 members (excludes halogenated alkanes) is 8. The van der Waals surface area contributed by atoms with Gasteiger partial charge < -0.3 is 9.47 Å². The second-order valence-electron chi connectivity index (χ2n) is 13.9. The van der Waals surface area contributed by atoms with E-state index in [1.807, 2.05) is 12.1 Å². The van der Waals surface area contributed by atoms with Crippen LogP contribution in [0.2, 0.25) is 0 Å². The van der Waals surface area contributed by atoms with Crippen LogP contribution in [0.15, 0.2) is 84.9 Å². The van der Waals surface area contributed by atoms with Gasteiger partial charge in [-0.25, -0.2) is 0 Å². The summed E-state index contributed by atoms with van der Waals surface area (Å²) >= 11 is 0. The van der Waals surface area contributed by atoms with E-state index in [2.05, 4.69) is 100 Å². The number of carbonyl (C=O) groups is 2. The lowest BCUT2D eigenvalue weighted by Gasteiger charge is -2.22. The number of carbonyl (C=O) groups excluding carboxylic acids is 2. The minimum atomic E-state index is -0.190. The SMILES string of the molecule is CCCCCCCC(=O)Oc1c2ccccc2c(-c2c3ccccc3c(OC(=O)CCCCCCC)c3cc(C)ccc23)c2ccc(C)cc12. The molecule has 0 saturated heterocycles. The number of hydrogen-bond acceptors (Lipinski definition) is 4. The van der Waals surface area contributed by atoms with Gasteiger partial charge in [-0.1, -0.05) is 149 Å². The van der Waals surface area contributed by atoms with Crippen molar-refractivity contribution >= 4 is 55.0 Å². The molecule has 0 atom stereocenters. The summed E-state index contributed by atoms with van der Waals surface area (Å²) in [4.78, 5) is 26.7. The second kappa shape index (κ2) is 16.3. The van der Waals surface area contributed by atoms with Crippen LogP contribution >= 0.6 is 0 Å². The van der Waals surface area contributed by atoms with Gasteiger partial charge in [0.15, 0.2) is 0 Å². The van der Waals surface area contributed by atoms with Crippen LogP contribution in [0.5, 0.6) is 11.5 Å². The lowest BCUT2D eigenvalue weighted by Crippen LogP contribution is -2.09. The van der Waals surface area contributed by atoms with Gasteiger partial charge in [0.25, 0.3) is 0 Å². The van der Waals surface area contributed by atoms with Crippen molar-refractivity contribution in [1.29, 1.82) is 0 Å². The maximum absolute atomic E-state index is 13.3. The topological polar surface area (TPSA) is 52.6 Å². The Morgan fingerprint density at radius 2 is 0.800 bits per heavy atom. The van der Waals surface area contributed by atoms with Crippen LogP contribution in [-0.4, -0.2) is 11.9 Å². The standard InChI is InChI=1S/C46H50O4/c1-5-7-9-11-13-23-41(47)49-45-37-21-17-15-19-33(37)43(35-27-25-31(3)29-39(35)45)44-34-20-16-18-22-38(34)46(40-30-32(4)26-28-36(40)44)50-42(48)24-14-12-10-8-6-2/h15-22,25-30H,5-14,23-24H2,1-4H3. The highest BCUT2D eigenvalue weighted by atomic mass is 16.5. The van der Waals surface area contributed by atoms with E-state index in [0.29, 0.717) is 24.3 Å². The summed E-state index contributed by atoms with van der Waals surface area (Å²) in [5.41, 5.74) is 4.35. The molecule has 0 aliphatic carbocycles. The van der Waals surface area contributed by atoms with Crippen molar-refractivity contribution in [2.24, 2.45) is 0 Å². The third-order valence-electron chi connectivity index (χ3n) is 9.91. The molecule has 4 nitrogen and oxygen atoms in total. The predicted molar refractivity (Wildman–Crippen MR) is 209 cm³/mol. The van der Waals surface area contributed by atoms with E-state index in [1.165, 1.54) is 25.7 Å². The minimum Gasteiger partial charge on any atom is -0.425 e. The van der Waals surface area contributed by atoms with E-state index in [-0.39, 0.29) is 11.9 Å². The van der Waals surface area contributed by atoms with Gasteiger partial charge in [0.1, 0.15) is 11.5 Å². The van der Waals surface area contributed by atoms with Gasteiger partial charge in [-0.05, 0) is 71.5 Å². The van der Waals surface area contributed by atoms with Gasteiger partial charge in [-0.3, -0.25) is 9.59 Å². The number of hydrogen-bond donors (Lipinski definition) is 0. The molecule has 0 spiro atoms. The molecule has 4 heteroatoms. The minimum absolute atomic E-state index is 0.190. The second-order valence-corrected chi connectivity index (χ2v) is 13.9. The highest BCUT2D eigenvalue weighted by molar-refractivity contribution is 6.27. The zero-order valence-electron chi connectivity index (χ0n) is 30.2. The van der Waals surface area contributed by atoms with E-state index < -0.39 is 0 Å². The Morgan fingerprint density at radius 3 is 1.20 bits per heavy atom. The summed E-state index contributed by atoms with van der Waals surface area (Å²) in [7, 11) is 0. The fraction of sp³-hybridized carbons (Fsp3) is 0.348. The summed E-state index contributed by atoms with van der Waals surface area (Å²) < 4.78 is 12.6. The van der Waals surface area contributed by atoms with Gasteiger partial charge in [0.05, 0.1) is 0 Å². The highest BCUT2D eigenvalue weighted by Crippen LogP contribution is 2.50. The Balaban J connectivity index is 1.54. The van der Waals surface area contributed by atoms with E-state index in [9.17, 15) is 9.59 Å². The van der Waals surface area contributed by atoms with Crippen molar-refractivity contribution in [3.05, 3.63) is 96.1 Å². The summed E-state index contributed by atoms with van der Waals surface area (Å²) in [5.74, 6) is 0.862. The Hall–Kier alpha value is -4.70. The van der Waals surface area contributed by atoms with Crippen molar-refractivity contribution in [2.75, 3.05) is 0 Å². The van der Waals surface area contributed by atoms with Crippen LogP contribution in [0.4, 0.5) is 0 Å². The van der Waals surface area contributed by atoms with Gasteiger partial charge >= 0.3 is 11.9 Å². The molecule has 6 aromatic carbocycles. The Bertz CT molecular complexity index is 2000. The summed E-state index contributed by atoms with van der Waals surface area (Å²) in [6.45, 7) is 8.55. The van der Waals surface area contributed by atoms with E-state index in [1.54, 1.807) is 0 Å². The third kappa shape index (κ3) is 7.55. The molecule has 0 aliphatic heterocycles. The van der Waals surface area contributed by atoms with E-state index >= 15 is 0 Å². The van der Waals surface area contributed by atoms with Crippen molar-refractivity contribution < 1.29 is 19.1 Å². The summed E-state index contributed by atoms with van der Waals surface area (Å²) in [5, 5.41) is 7.71. The Labute approximate surface area is 296 Å². The van der Waals surface area contributed by atoms with Crippen LogP contribution in [0.3, 0.4) is 0 Å². The summed E-state index contributed by atoms with van der Waals surface area (Å²) in [6, 6.07) is 29.4. The lowest BCUT2D eigenvalue weighted by atomic mass is 9.85. The number of benzene rings is 6. The molecule has 0 unspecified atom stereocenters. The number of esters is 2. The molecule has 0 amide bonds. The maximum atomic E-state index is 13.3. The molecule has 0 aromatic heterocycles. The van der Waals surface area contributed by atoms with Crippen molar-refractivity contribution in [3.63, 3.8) is 0 Å². The first-order chi connectivity index (χ1) is 24.4.